The second-order valence-corrected chi connectivity index (χ2v) is 11.5. The average molecular weight is 600 g/mol. The SMILES string of the molecule is CC(F)[C@H](C)S(=O)(=O)N1[C@H](C(=O)NCc2cc(-c3cnc(C(F)(F)F)nc3)ncc2Br)C[C@@H](F)[C@@H]1C. The summed E-state index contributed by atoms with van der Waals surface area (Å²) in [6.45, 7) is 3.42. The maximum Gasteiger partial charge on any atom is 0.451 e. The molecular formula is C21H23BrF5N5O3S. The Morgan fingerprint density at radius 2 is 1.83 bits per heavy atom. The van der Waals surface area contributed by atoms with Gasteiger partial charge in [-0.05, 0) is 48.3 Å². The number of alkyl halides is 5. The predicted molar refractivity (Wildman–Crippen MR) is 123 cm³/mol. The maximum absolute atomic E-state index is 14.5. The number of carbonyl (C=O) groups is 1. The fourth-order valence-electron chi connectivity index (χ4n) is 3.70. The van der Waals surface area contributed by atoms with Crippen LogP contribution in [0, 0.1) is 0 Å². The van der Waals surface area contributed by atoms with Crippen LogP contribution in [0.15, 0.2) is 29.1 Å². The Labute approximate surface area is 212 Å². The van der Waals surface area contributed by atoms with Gasteiger partial charge < -0.3 is 5.32 Å². The second-order valence-electron chi connectivity index (χ2n) is 8.44. The normalized spacial score (nSPS) is 22.9. The van der Waals surface area contributed by atoms with Gasteiger partial charge in [0.2, 0.25) is 21.8 Å². The summed E-state index contributed by atoms with van der Waals surface area (Å²) >= 11 is 3.27. The molecular weight excluding hydrogens is 577 g/mol. The fraction of sp³-hybridized carbons (Fsp3) is 0.524. The van der Waals surface area contributed by atoms with Gasteiger partial charge in [-0.3, -0.25) is 9.78 Å². The maximum atomic E-state index is 14.5. The highest BCUT2D eigenvalue weighted by Crippen LogP contribution is 2.33. The smallest absolute Gasteiger partial charge is 0.351 e. The lowest BCUT2D eigenvalue weighted by Gasteiger charge is -2.30. The molecule has 36 heavy (non-hydrogen) atoms. The van der Waals surface area contributed by atoms with Gasteiger partial charge in [0, 0.05) is 41.6 Å². The molecule has 1 N–H and O–H groups in total. The van der Waals surface area contributed by atoms with Crippen molar-refractivity contribution in [2.45, 2.75) is 69.6 Å². The Morgan fingerprint density at radius 3 is 2.39 bits per heavy atom. The molecule has 0 aromatic carbocycles. The van der Waals surface area contributed by atoms with E-state index in [1.165, 1.54) is 19.2 Å². The molecule has 0 spiro atoms. The lowest BCUT2D eigenvalue weighted by molar-refractivity contribution is -0.145. The van der Waals surface area contributed by atoms with E-state index < -0.39 is 57.6 Å². The number of halogens is 6. The van der Waals surface area contributed by atoms with Gasteiger partial charge in [-0.15, -0.1) is 0 Å². The van der Waals surface area contributed by atoms with Crippen molar-refractivity contribution in [2.75, 3.05) is 0 Å². The Hall–Kier alpha value is -2.26. The number of carbonyl (C=O) groups excluding carboxylic acids is 1. The van der Waals surface area contributed by atoms with Crippen molar-refractivity contribution in [3.05, 3.63) is 40.5 Å². The molecule has 1 saturated heterocycles. The molecule has 15 heteroatoms. The average Bonchev–Trinajstić information content (AvgIpc) is 3.12. The third-order valence-electron chi connectivity index (χ3n) is 5.98. The molecule has 0 bridgehead atoms. The van der Waals surface area contributed by atoms with E-state index in [4.69, 9.17) is 0 Å². The van der Waals surface area contributed by atoms with E-state index in [0.29, 0.717) is 10.0 Å². The predicted octanol–water partition coefficient (Wildman–Crippen LogP) is 3.81. The summed E-state index contributed by atoms with van der Waals surface area (Å²) in [6.07, 6.45) is -5.13. The van der Waals surface area contributed by atoms with E-state index in [9.17, 15) is 35.2 Å². The van der Waals surface area contributed by atoms with Gasteiger partial charge in [0.15, 0.2) is 0 Å². The summed E-state index contributed by atoms with van der Waals surface area (Å²) in [7, 11) is -4.32. The lowest BCUT2D eigenvalue weighted by Crippen LogP contribution is -2.52. The highest BCUT2D eigenvalue weighted by atomic mass is 79.9. The Bertz CT molecular complexity index is 1210. The zero-order valence-corrected chi connectivity index (χ0v) is 21.7. The lowest BCUT2D eigenvalue weighted by atomic mass is 10.1. The number of amides is 1. The molecule has 1 aliphatic heterocycles. The van der Waals surface area contributed by atoms with E-state index in [2.05, 4.69) is 36.2 Å². The molecule has 0 radical (unpaired) electrons. The first-order valence-corrected chi connectivity index (χ1v) is 13.1. The minimum absolute atomic E-state index is 0.138. The van der Waals surface area contributed by atoms with Gasteiger partial charge in [0.1, 0.15) is 23.6 Å². The molecule has 1 unspecified atom stereocenters. The summed E-state index contributed by atoms with van der Waals surface area (Å²) < 4.78 is 93.4. The van der Waals surface area contributed by atoms with Crippen LogP contribution in [0.3, 0.4) is 0 Å². The molecule has 1 fully saturated rings. The molecule has 2 aromatic heterocycles. The molecule has 2 aromatic rings. The number of rotatable bonds is 7. The topological polar surface area (TPSA) is 105 Å². The van der Waals surface area contributed by atoms with Gasteiger partial charge in [0.25, 0.3) is 0 Å². The van der Waals surface area contributed by atoms with Gasteiger partial charge in [-0.1, -0.05) is 0 Å². The van der Waals surface area contributed by atoms with E-state index >= 15 is 0 Å². The van der Waals surface area contributed by atoms with E-state index in [1.807, 2.05) is 0 Å². The van der Waals surface area contributed by atoms with E-state index in [-0.39, 0.29) is 24.2 Å². The molecule has 198 valence electrons. The van der Waals surface area contributed by atoms with Gasteiger partial charge in [0.05, 0.1) is 11.7 Å². The van der Waals surface area contributed by atoms with Crippen LogP contribution >= 0.6 is 15.9 Å². The number of sulfonamides is 1. The van der Waals surface area contributed by atoms with Crippen LogP contribution in [0.1, 0.15) is 38.6 Å². The van der Waals surface area contributed by atoms with Gasteiger partial charge in [-0.2, -0.15) is 17.5 Å². The minimum Gasteiger partial charge on any atom is -0.351 e. The number of hydrogen-bond acceptors (Lipinski definition) is 6. The third kappa shape index (κ3) is 5.83. The molecule has 0 saturated carbocycles. The molecule has 0 aliphatic carbocycles. The molecule has 3 heterocycles. The Morgan fingerprint density at radius 1 is 1.22 bits per heavy atom. The first-order chi connectivity index (χ1) is 16.6. The van der Waals surface area contributed by atoms with Crippen LogP contribution in [-0.4, -0.2) is 63.3 Å². The summed E-state index contributed by atoms with van der Waals surface area (Å²) in [6, 6.07) is -1.04. The van der Waals surface area contributed by atoms with Crippen LogP contribution in [0.25, 0.3) is 11.3 Å². The zero-order chi connectivity index (χ0) is 27.0. The van der Waals surface area contributed by atoms with Crippen LogP contribution in [0.5, 0.6) is 0 Å². The first kappa shape index (κ1) is 28.3. The van der Waals surface area contributed by atoms with Crippen molar-refractivity contribution >= 4 is 31.9 Å². The second kappa shape index (κ2) is 10.6. The number of nitrogens with one attached hydrogen (secondary N) is 1. The zero-order valence-electron chi connectivity index (χ0n) is 19.3. The van der Waals surface area contributed by atoms with Crippen LogP contribution in [-0.2, 0) is 27.5 Å². The highest BCUT2D eigenvalue weighted by molar-refractivity contribution is 9.10. The molecule has 5 atom stereocenters. The molecule has 1 amide bonds. The fourth-order valence-corrected chi connectivity index (χ4v) is 6.05. The first-order valence-electron chi connectivity index (χ1n) is 10.8. The summed E-state index contributed by atoms with van der Waals surface area (Å²) in [4.78, 5) is 23.6. The van der Waals surface area contributed by atoms with Gasteiger partial charge >= 0.3 is 6.18 Å². The van der Waals surface area contributed by atoms with Crippen molar-refractivity contribution in [1.82, 2.24) is 24.6 Å². The van der Waals surface area contributed by atoms with Crippen LogP contribution in [0.4, 0.5) is 22.0 Å². The molecule has 1 aliphatic rings. The number of nitrogens with zero attached hydrogens (tertiary/aromatic N) is 4. The monoisotopic (exact) mass is 599 g/mol. The van der Waals surface area contributed by atoms with E-state index in [1.54, 1.807) is 0 Å². The summed E-state index contributed by atoms with van der Waals surface area (Å²) in [5.41, 5.74) is 0.875. The largest absolute Gasteiger partial charge is 0.451 e. The van der Waals surface area contributed by atoms with Crippen LogP contribution < -0.4 is 5.32 Å². The van der Waals surface area contributed by atoms with Crippen molar-refractivity contribution in [3.8, 4) is 11.3 Å². The van der Waals surface area contributed by atoms with Crippen molar-refractivity contribution in [1.29, 1.82) is 0 Å². The van der Waals surface area contributed by atoms with Gasteiger partial charge in [-0.25, -0.2) is 27.2 Å². The summed E-state index contributed by atoms with van der Waals surface area (Å²) in [5.74, 6) is -2.07. The van der Waals surface area contributed by atoms with Crippen molar-refractivity contribution in [3.63, 3.8) is 0 Å². The molecule has 8 nitrogen and oxygen atoms in total. The standard InChI is InChI=1S/C21H23BrF5N5O3S/c1-10(23)12(3)36(34,35)32-11(2)16(24)5-18(32)19(33)29-6-13-4-17(28-9-15(13)22)14-7-30-20(31-8-14)21(25,26)27/h4,7-12,16,18H,5-6H2,1-3H3,(H,29,33)/t10?,11-,12-,16+,18-/m0/s1. The Balaban J connectivity index is 1.79. The highest BCUT2D eigenvalue weighted by Gasteiger charge is 2.50. The number of hydrogen-bond donors (Lipinski definition) is 1. The molecule has 3 rings (SSSR count). The van der Waals surface area contributed by atoms with Crippen molar-refractivity contribution < 1.29 is 35.2 Å². The summed E-state index contributed by atoms with van der Waals surface area (Å²) in [5, 5.41) is 1.09. The number of pyridine rings is 1. The third-order valence-corrected chi connectivity index (χ3v) is 9.19. The Kier molecular flexibility index (Phi) is 8.35. The number of aromatic nitrogens is 3. The van der Waals surface area contributed by atoms with Crippen molar-refractivity contribution in [2.24, 2.45) is 0 Å². The van der Waals surface area contributed by atoms with Crippen LogP contribution in [0.2, 0.25) is 0 Å². The quantitative estimate of drug-likeness (QED) is 0.485. The minimum atomic E-state index is -4.70. The van der Waals surface area contributed by atoms with E-state index in [0.717, 1.165) is 30.5 Å².